The number of morpholine rings is 1. The fourth-order valence-electron chi connectivity index (χ4n) is 5.85. The third kappa shape index (κ3) is 3.29. The van der Waals surface area contributed by atoms with Gasteiger partial charge in [0, 0.05) is 62.4 Å². The van der Waals surface area contributed by atoms with Crippen molar-refractivity contribution >= 4 is 28.3 Å². The van der Waals surface area contributed by atoms with Crippen LogP contribution in [0.25, 0.3) is 11.0 Å². The van der Waals surface area contributed by atoms with E-state index < -0.39 is 0 Å². The van der Waals surface area contributed by atoms with Crippen LogP contribution in [-0.2, 0) is 22.5 Å². The average Bonchev–Trinajstić information content (AvgIpc) is 3.51. The molecule has 1 amide bonds. The summed E-state index contributed by atoms with van der Waals surface area (Å²) in [5.41, 5.74) is 2.76. The van der Waals surface area contributed by atoms with E-state index in [2.05, 4.69) is 20.9 Å². The lowest BCUT2D eigenvalue weighted by Gasteiger charge is -2.40. The van der Waals surface area contributed by atoms with Crippen LogP contribution in [0.3, 0.4) is 0 Å². The monoisotopic (exact) mass is 438 g/mol. The molecule has 0 radical (unpaired) electrons. The van der Waals surface area contributed by atoms with Crippen LogP contribution in [0.2, 0.25) is 0 Å². The van der Waals surface area contributed by atoms with Crippen molar-refractivity contribution < 1.29 is 14.6 Å². The van der Waals surface area contributed by atoms with Crippen molar-refractivity contribution in [1.82, 2.24) is 19.8 Å². The highest BCUT2D eigenvalue weighted by atomic mass is 32.1. The SMILES string of the molecule is O=C(Cc1ccsc1)N1C[C@@H]2[C@H](CO)[C@H]3CN(Cc4cnc5[nH]ccc5c4)C[C@]2(C1)O3. The van der Waals surface area contributed by atoms with Gasteiger partial charge in [0.15, 0.2) is 0 Å². The zero-order valence-electron chi connectivity index (χ0n) is 17.2. The highest BCUT2D eigenvalue weighted by Gasteiger charge is 2.62. The molecule has 3 aliphatic rings. The van der Waals surface area contributed by atoms with Crippen molar-refractivity contribution in [3.05, 3.63) is 52.5 Å². The van der Waals surface area contributed by atoms with Gasteiger partial charge in [0.1, 0.15) is 11.2 Å². The second-order valence-corrected chi connectivity index (χ2v) is 9.97. The van der Waals surface area contributed by atoms with Crippen molar-refractivity contribution in [3.63, 3.8) is 0 Å². The maximum atomic E-state index is 13.0. The number of rotatable bonds is 5. The first-order chi connectivity index (χ1) is 15.1. The Morgan fingerprint density at radius 1 is 1.32 bits per heavy atom. The van der Waals surface area contributed by atoms with Gasteiger partial charge in [-0.05, 0) is 40.1 Å². The van der Waals surface area contributed by atoms with Crippen LogP contribution in [-0.4, -0.2) is 75.3 Å². The zero-order chi connectivity index (χ0) is 21.0. The molecule has 7 nitrogen and oxygen atoms in total. The summed E-state index contributed by atoms with van der Waals surface area (Å²) in [6.45, 7) is 3.77. The second kappa shape index (κ2) is 7.41. The fourth-order valence-corrected chi connectivity index (χ4v) is 6.52. The van der Waals surface area contributed by atoms with Crippen molar-refractivity contribution in [2.45, 2.75) is 24.7 Å². The van der Waals surface area contributed by atoms with Crippen LogP contribution in [0.15, 0.2) is 41.4 Å². The number of nitrogens with one attached hydrogen (secondary N) is 1. The Balaban J connectivity index is 1.21. The molecule has 2 N–H and O–H groups in total. The fraction of sp³-hybridized carbons (Fsp3) is 0.478. The number of carbonyl (C=O) groups is 1. The van der Waals surface area contributed by atoms with Gasteiger partial charge in [0.25, 0.3) is 0 Å². The molecule has 0 unspecified atom stereocenters. The standard InChI is InChI=1S/C23H26N4O3S/c28-11-18-19-9-27(21(29)6-15-2-4-31-12-15)14-23(19)13-26(10-20(18)30-23)8-16-5-17-1-3-24-22(17)25-7-16/h1-5,7,12,18-20,28H,6,8-11,13-14H2,(H,24,25)/t18-,19+,20+,23+/m0/s1. The van der Waals surface area contributed by atoms with Crippen molar-refractivity contribution in [2.75, 3.05) is 32.8 Å². The van der Waals surface area contributed by atoms with E-state index in [1.165, 1.54) is 5.56 Å². The van der Waals surface area contributed by atoms with Gasteiger partial charge in [-0.15, -0.1) is 0 Å². The first kappa shape index (κ1) is 19.4. The van der Waals surface area contributed by atoms with E-state index in [1.807, 2.05) is 40.2 Å². The first-order valence-corrected chi connectivity index (χ1v) is 11.8. The number of aromatic nitrogens is 2. The number of aliphatic hydroxyl groups is 1. The molecule has 6 rings (SSSR count). The predicted molar refractivity (Wildman–Crippen MR) is 118 cm³/mol. The Morgan fingerprint density at radius 2 is 2.26 bits per heavy atom. The number of H-pyrrole nitrogens is 1. The summed E-state index contributed by atoms with van der Waals surface area (Å²) in [4.78, 5) is 25.0. The number of thiophene rings is 1. The number of amides is 1. The number of aromatic amines is 1. The Bertz CT molecular complexity index is 1100. The molecule has 3 aliphatic heterocycles. The van der Waals surface area contributed by atoms with Crippen LogP contribution in [0.1, 0.15) is 11.1 Å². The van der Waals surface area contributed by atoms with Crippen molar-refractivity contribution in [3.8, 4) is 0 Å². The summed E-state index contributed by atoms with van der Waals surface area (Å²) in [5.74, 6) is 0.414. The molecule has 162 valence electrons. The molecule has 0 aromatic carbocycles. The van der Waals surface area contributed by atoms with Gasteiger partial charge in [-0.3, -0.25) is 9.69 Å². The maximum absolute atomic E-state index is 13.0. The quantitative estimate of drug-likeness (QED) is 0.636. The third-order valence-corrected chi connectivity index (χ3v) is 7.96. The Labute approximate surface area is 184 Å². The number of fused-ring (bicyclic) bond motifs is 2. The Kier molecular flexibility index (Phi) is 4.64. The molecule has 2 bridgehead atoms. The summed E-state index contributed by atoms with van der Waals surface area (Å²) in [6, 6.07) is 6.23. The van der Waals surface area contributed by atoms with Gasteiger partial charge in [0.05, 0.1) is 19.1 Å². The predicted octanol–water partition coefficient (Wildman–Crippen LogP) is 1.89. The zero-order valence-corrected chi connectivity index (χ0v) is 18.1. The lowest BCUT2D eigenvalue weighted by atomic mass is 9.83. The minimum atomic E-state index is -0.383. The third-order valence-electron chi connectivity index (χ3n) is 7.22. The van der Waals surface area contributed by atoms with E-state index >= 15 is 0 Å². The number of hydrogen-bond donors (Lipinski definition) is 2. The molecule has 0 aliphatic carbocycles. The molecule has 3 aromatic heterocycles. The van der Waals surface area contributed by atoms with Crippen molar-refractivity contribution in [1.29, 1.82) is 0 Å². The van der Waals surface area contributed by atoms with Gasteiger partial charge in [-0.25, -0.2) is 4.98 Å². The van der Waals surface area contributed by atoms with Crippen LogP contribution >= 0.6 is 11.3 Å². The minimum absolute atomic E-state index is 0.0156. The highest BCUT2D eigenvalue weighted by molar-refractivity contribution is 7.08. The van der Waals surface area contributed by atoms with Crippen LogP contribution < -0.4 is 0 Å². The summed E-state index contributed by atoms with van der Waals surface area (Å²) in [5, 5.41) is 15.3. The second-order valence-electron chi connectivity index (χ2n) is 9.19. The van der Waals surface area contributed by atoms with E-state index in [0.717, 1.165) is 36.2 Å². The van der Waals surface area contributed by atoms with E-state index in [0.29, 0.717) is 19.5 Å². The molecule has 3 saturated heterocycles. The topological polar surface area (TPSA) is 81.7 Å². The summed E-state index contributed by atoms with van der Waals surface area (Å²) >= 11 is 1.62. The number of nitrogens with zero attached hydrogens (tertiary/aromatic N) is 3. The Morgan fingerprint density at radius 3 is 3.10 bits per heavy atom. The van der Waals surface area contributed by atoms with Crippen molar-refractivity contribution in [2.24, 2.45) is 11.8 Å². The van der Waals surface area contributed by atoms with Crippen LogP contribution in [0, 0.1) is 11.8 Å². The van der Waals surface area contributed by atoms with E-state index in [1.54, 1.807) is 11.3 Å². The highest BCUT2D eigenvalue weighted by Crippen LogP contribution is 2.49. The van der Waals surface area contributed by atoms with Gasteiger partial charge >= 0.3 is 0 Å². The number of likely N-dealkylation sites (tertiary alicyclic amines) is 2. The molecule has 6 heterocycles. The Hall–Kier alpha value is -2.26. The summed E-state index contributed by atoms with van der Waals surface area (Å²) < 4.78 is 6.54. The molecular formula is C23H26N4O3S. The average molecular weight is 439 g/mol. The molecule has 3 fully saturated rings. The smallest absolute Gasteiger partial charge is 0.227 e. The minimum Gasteiger partial charge on any atom is -0.396 e. The van der Waals surface area contributed by atoms with Crippen LogP contribution in [0.5, 0.6) is 0 Å². The molecule has 3 aromatic rings. The summed E-state index contributed by atoms with van der Waals surface area (Å²) in [6.07, 6.45) is 4.29. The van der Waals surface area contributed by atoms with E-state index in [-0.39, 0.29) is 36.1 Å². The van der Waals surface area contributed by atoms with Crippen LogP contribution in [0.4, 0.5) is 0 Å². The van der Waals surface area contributed by atoms with Gasteiger partial charge in [-0.1, -0.05) is 0 Å². The van der Waals surface area contributed by atoms with E-state index in [4.69, 9.17) is 4.74 Å². The molecule has 4 atom stereocenters. The molecule has 0 saturated carbocycles. The van der Waals surface area contributed by atoms with Gasteiger partial charge in [-0.2, -0.15) is 11.3 Å². The van der Waals surface area contributed by atoms with Gasteiger partial charge < -0.3 is 19.7 Å². The maximum Gasteiger partial charge on any atom is 0.227 e. The molecule has 31 heavy (non-hydrogen) atoms. The largest absolute Gasteiger partial charge is 0.396 e. The molecular weight excluding hydrogens is 412 g/mol. The summed E-state index contributed by atoms with van der Waals surface area (Å²) in [7, 11) is 0. The number of aliphatic hydroxyl groups excluding tert-OH is 1. The number of hydrogen-bond acceptors (Lipinski definition) is 6. The molecule has 1 spiro atoms. The number of carbonyl (C=O) groups excluding carboxylic acids is 1. The lowest BCUT2D eigenvalue weighted by molar-refractivity contribution is -0.138. The number of ether oxygens (including phenoxy) is 1. The number of pyridine rings is 1. The lowest BCUT2D eigenvalue weighted by Crippen LogP contribution is -2.54. The van der Waals surface area contributed by atoms with E-state index in [9.17, 15) is 9.90 Å². The normalized spacial score (nSPS) is 30.2. The first-order valence-electron chi connectivity index (χ1n) is 10.9. The molecule has 8 heteroatoms. The van der Waals surface area contributed by atoms with Gasteiger partial charge in [0.2, 0.25) is 5.91 Å².